The van der Waals surface area contributed by atoms with Gasteiger partial charge in [0.05, 0.1) is 0 Å². The van der Waals surface area contributed by atoms with Gasteiger partial charge in [-0.15, -0.1) is 0 Å². The van der Waals surface area contributed by atoms with Crippen LogP contribution in [0.2, 0.25) is 0 Å². The molecule has 0 heterocycles. The van der Waals surface area contributed by atoms with Crippen molar-refractivity contribution in [2.75, 3.05) is 0 Å². The van der Waals surface area contributed by atoms with E-state index in [4.69, 9.17) is 3.87 Å². The average Bonchev–Trinajstić information content (AvgIpc) is 1.00. The van der Waals surface area contributed by atoms with Gasteiger partial charge in [-0.05, 0) is 0 Å². The second kappa shape index (κ2) is 36.2. The van der Waals surface area contributed by atoms with Gasteiger partial charge in [-0.3, -0.25) is 0 Å². The molecule has 29 valence electrons. The summed E-state index contributed by atoms with van der Waals surface area (Å²) in [6.45, 7) is 0. The van der Waals surface area contributed by atoms with Gasteiger partial charge in [-0.25, -0.2) is 0 Å². The average molecular weight is 186 g/mol. The quantitative estimate of drug-likeness (QED) is 0.393. The first kappa shape index (κ1) is 20.0. The topological polar surface area (TPSA) is 17.1 Å². The zero-order valence-corrected chi connectivity index (χ0v) is 5.20. The van der Waals surface area contributed by atoms with Crippen LogP contribution < -0.4 is 0 Å². The molecule has 0 aliphatic carbocycles. The maximum absolute atomic E-state index is 7.94. The Labute approximate surface area is 48.2 Å². The fourth-order valence-electron chi connectivity index (χ4n) is 0. The molecule has 1 nitrogen and oxygen atoms in total. The van der Waals surface area contributed by atoms with E-state index in [0.29, 0.717) is 0 Å². The summed E-state index contributed by atoms with van der Waals surface area (Å²) in [5.74, 6) is 0. The Morgan fingerprint density at radius 2 is 1.25 bits per heavy atom. The van der Waals surface area contributed by atoms with Crippen LogP contribution in [0.1, 0.15) is 0 Å². The standard InChI is InChI=1S/CH3.Co.Mo.O/h1H3;;;/q-1;;;. The molecule has 0 amide bonds. The molecule has 0 saturated heterocycles. The van der Waals surface area contributed by atoms with Crippen molar-refractivity contribution in [2.45, 2.75) is 0 Å². The van der Waals surface area contributed by atoms with Crippen LogP contribution in [0.4, 0.5) is 0 Å². The van der Waals surface area contributed by atoms with Crippen molar-refractivity contribution in [2.24, 2.45) is 0 Å². The summed E-state index contributed by atoms with van der Waals surface area (Å²) >= 11 is 2.31. The molecule has 0 atom stereocenters. The third-order valence-electron chi connectivity index (χ3n) is 0. The van der Waals surface area contributed by atoms with E-state index in [1.807, 2.05) is 0 Å². The second-order valence-corrected chi connectivity index (χ2v) is 0. The number of hydrogen-bond acceptors (Lipinski definition) is 1. The number of hydrogen-bond donors (Lipinski definition) is 0. The Kier molecular flexibility index (Phi) is 181. The molecule has 0 aliphatic heterocycles. The van der Waals surface area contributed by atoms with Crippen LogP contribution in [-0.2, 0) is 40.6 Å². The summed E-state index contributed by atoms with van der Waals surface area (Å²) in [7, 11) is 0. The summed E-state index contributed by atoms with van der Waals surface area (Å²) in [4.78, 5) is 0. The molecular weight excluding hydrogens is 183 g/mol. The monoisotopic (exact) mass is 188 g/mol. The molecule has 0 saturated carbocycles. The Morgan fingerprint density at radius 3 is 1.25 bits per heavy atom. The molecule has 0 fully saturated rings. The van der Waals surface area contributed by atoms with Gasteiger partial charge < -0.3 is 7.43 Å². The summed E-state index contributed by atoms with van der Waals surface area (Å²) in [5, 5.41) is 0. The molecule has 0 aromatic rings. The molecule has 3 heteroatoms. The van der Waals surface area contributed by atoms with E-state index >= 15 is 0 Å². The van der Waals surface area contributed by atoms with Crippen LogP contribution in [0.15, 0.2) is 0 Å². The van der Waals surface area contributed by atoms with E-state index in [-0.39, 0.29) is 28.5 Å². The Balaban J connectivity index is -0.00000000500. The molecule has 4 heavy (non-hydrogen) atoms. The molecule has 0 aliphatic rings. The van der Waals surface area contributed by atoms with Crippen LogP contribution in [0.3, 0.4) is 0 Å². The van der Waals surface area contributed by atoms with Crippen molar-refractivity contribution < 1.29 is 40.6 Å². The third-order valence-corrected chi connectivity index (χ3v) is 0. The molecule has 0 aromatic carbocycles. The van der Waals surface area contributed by atoms with E-state index in [0.717, 1.165) is 0 Å². The first-order valence-corrected chi connectivity index (χ1v) is 0.561. The van der Waals surface area contributed by atoms with E-state index in [2.05, 4.69) is 15.7 Å². The van der Waals surface area contributed by atoms with Crippen molar-refractivity contribution in [3.63, 3.8) is 0 Å². The molecule has 0 bridgehead atoms. The molecule has 0 spiro atoms. The molecule has 0 radical (unpaired) electrons. The van der Waals surface area contributed by atoms with E-state index in [1.54, 1.807) is 0 Å². The fourth-order valence-corrected chi connectivity index (χ4v) is 0. The Morgan fingerprint density at radius 1 is 1.25 bits per heavy atom. The minimum atomic E-state index is 0. The van der Waals surface area contributed by atoms with Gasteiger partial charge in [0.15, 0.2) is 0 Å². The van der Waals surface area contributed by atoms with Crippen LogP contribution in [0.5, 0.6) is 0 Å². The summed E-state index contributed by atoms with van der Waals surface area (Å²) in [6, 6.07) is 0. The predicted molar refractivity (Wildman–Crippen MR) is 7.10 cm³/mol. The van der Waals surface area contributed by atoms with Crippen LogP contribution in [-0.4, -0.2) is 0 Å². The molecule has 0 N–H and O–H groups in total. The predicted octanol–water partition coefficient (Wildman–Crippen LogP) is 0.326. The zero-order chi connectivity index (χ0) is 2.00. The van der Waals surface area contributed by atoms with Crippen molar-refractivity contribution in [1.82, 2.24) is 0 Å². The van der Waals surface area contributed by atoms with Crippen LogP contribution in [0.25, 0.3) is 0 Å². The molecule has 0 unspecified atom stereocenters. The van der Waals surface area contributed by atoms with E-state index < -0.39 is 0 Å². The van der Waals surface area contributed by atoms with Gasteiger partial charge in [-0.1, -0.05) is 0 Å². The third kappa shape index (κ3) is 12.0. The molecule has 0 aromatic heterocycles. The SMILES string of the molecule is [CH3-].[Mo].[O]=[Co]. The van der Waals surface area contributed by atoms with Crippen LogP contribution >= 0.6 is 0 Å². The molecule has 0 rings (SSSR count). The normalized spacial score (nSPS) is 1.25. The Bertz CT molecular complexity index is 8.00. The maximum atomic E-state index is 7.94. The second-order valence-electron chi connectivity index (χ2n) is 0. The summed E-state index contributed by atoms with van der Waals surface area (Å²) < 4.78 is 7.94. The van der Waals surface area contributed by atoms with Gasteiger partial charge in [0.1, 0.15) is 0 Å². The van der Waals surface area contributed by atoms with Crippen molar-refractivity contribution in [3.8, 4) is 0 Å². The van der Waals surface area contributed by atoms with Crippen molar-refractivity contribution in [3.05, 3.63) is 7.43 Å². The minimum absolute atomic E-state index is 0. The van der Waals surface area contributed by atoms with Gasteiger partial charge in [0, 0.05) is 21.1 Å². The van der Waals surface area contributed by atoms with Gasteiger partial charge in [0.2, 0.25) is 0 Å². The first-order chi connectivity index (χ1) is 1.00. The summed E-state index contributed by atoms with van der Waals surface area (Å²) in [6.07, 6.45) is 0. The van der Waals surface area contributed by atoms with E-state index in [1.165, 1.54) is 0 Å². The van der Waals surface area contributed by atoms with Crippen LogP contribution in [0, 0.1) is 7.43 Å². The zero-order valence-electron chi connectivity index (χ0n) is 2.15. The summed E-state index contributed by atoms with van der Waals surface area (Å²) in [5.41, 5.74) is 0. The van der Waals surface area contributed by atoms with E-state index in [9.17, 15) is 0 Å². The number of rotatable bonds is 0. The van der Waals surface area contributed by atoms with Gasteiger partial charge >= 0.3 is 19.5 Å². The first-order valence-electron chi connectivity index (χ1n) is 0.136. The van der Waals surface area contributed by atoms with Gasteiger partial charge in [-0.2, -0.15) is 0 Å². The Hall–Kier alpha value is 0.995. The van der Waals surface area contributed by atoms with Crippen molar-refractivity contribution >= 4 is 0 Å². The fraction of sp³-hybridized carbons (Fsp3) is 0. The van der Waals surface area contributed by atoms with Gasteiger partial charge in [0.25, 0.3) is 0 Å². The molecular formula is CH3CoMoO-. The van der Waals surface area contributed by atoms with Crippen molar-refractivity contribution in [1.29, 1.82) is 0 Å².